The molecule has 0 saturated carbocycles. The van der Waals surface area contributed by atoms with Gasteiger partial charge in [-0.05, 0) is 18.2 Å². The molecule has 0 aliphatic rings. The number of rotatable bonds is 8. The number of carboxylic acid groups (broad SMARTS) is 1. The Bertz CT molecular complexity index is 1230. The van der Waals surface area contributed by atoms with E-state index in [1.165, 1.54) is 6.26 Å². The molecule has 0 saturated heterocycles. The van der Waals surface area contributed by atoms with Crippen molar-refractivity contribution in [2.75, 3.05) is 6.61 Å². The molecule has 0 unspecified atom stereocenters. The molecule has 0 spiro atoms. The van der Waals surface area contributed by atoms with Gasteiger partial charge in [0.15, 0.2) is 0 Å². The van der Waals surface area contributed by atoms with Crippen molar-refractivity contribution in [1.29, 1.82) is 0 Å². The predicted molar refractivity (Wildman–Crippen MR) is 116 cm³/mol. The van der Waals surface area contributed by atoms with E-state index in [4.69, 9.17) is 25.7 Å². The van der Waals surface area contributed by atoms with Crippen LogP contribution >= 0.6 is 0 Å². The second-order valence-electron chi connectivity index (χ2n) is 6.86. The summed E-state index contributed by atoms with van der Waals surface area (Å²) in [5, 5.41) is 9.63. The summed E-state index contributed by atoms with van der Waals surface area (Å²) >= 11 is 0. The number of carboxylic acids is 1. The zero-order valence-corrected chi connectivity index (χ0v) is 16.8. The molecule has 160 valence electrons. The second kappa shape index (κ2) is 9.77. The van der Waals surface area contributed by atoms with Crippen LogP contribution in [0.5, 0.6) is 5.75 Å². The molecule has 6 nitrogen and oxygen atoms in total. The first-order valence-corrected chi connectivity index (χ1v) is 9.53. The Labute approximate surface area is 178 Å². The van der Waals surface area contributed by atoms with Gasteiger partial charge in [0.25, 0.3) is 0 Å². The van der Waals surface area contributed by atoms with E-state index in [2.05, 4.69) is 6.58 Å². The molecular formula is C24H23FN2O4. The van der Waals surface area contributed by atoms with Crippen molar-refractivity contribution in [1.82, 2.24) is 0 Å². The van der Waals surface area contributed by atoms with Gasteiger partial charge in [-0.25, -0.2) is 4.39 Å². The summed E-state index contributed by atoms with van der Waals surface area (Å²) in [6.07, 6.45) is 2.85. The van der Waals surface area contributed by atoms with E-state index in [1.54, 1.807) is 54.6 Å². The van der Waals surface area contributed by atoms with E-state index in [0.717, 1.165) is 0 Å². The van der Waals surface area contributed by atoms with E-state index in [-0.39, 0.29) is 30.8 Å². The average Bonchev–Trinajstić information content (AvgIpc) is 3.17. The SMILES string of the molecule is C=c1cco/c1=C(/C=C(\N)COc1ccccc1CC(=O)O)c1cccc(CN)c1F. The summed E-state index contributed by atoms with van der Waals surface area (Å²) < 4.78 is 26.3. The van der Waals surface area contributed by atoms with Gasteiger partial charge in [0.05, 0.1) is 12.7 Å². The predicted octanol–water partition coefficient (Wildman–Crippen LogP) is 2.04. The molecule has 0 fully saturated rings. The summed E-state index contributed by atoms with van der Waals surface area (Å²) in [7, 11) is 0. The Morgan fingerprint density at radius 1 is 1.16 bits per heavy atom. The largest absolute Gasteiger partial charge is 0.487 e. The Balaban J connectivity index is 1.98. The maximum absolute atomic E-state index is 15.0. The average molecular weight is 422 g/mol. The van der Waals surface area contributed by atoms with Crippen LogP contribution in [0.15, 0.2) is 71.0 Å². The van der Waals surface area contributed by atoms with Crippen molar-refractivity contribution in [2.24, 2.45) is 11.5 Å². The highest BCUT2D eigenvalue weighted by Gasteiger charge is 2.14. The van der Waals surface area contributed by atoms with Gasteiger partial charge in [-0.2, -0.15) is 0 Å². The summed E-state index contributed by atoms with van der Waals surface area (Å²) in [5.74, 6) is -1.02. The fourth-order valence-electron chi connectivity index (χ4n) is 3.12. The lowest BCUT2D eigenvalue weighted by Crippen LogP contribution is -2.22. The maximum Gasteiger partial charge on any atom is 0.307 e. The fourth-order valence-corrected chi connectivity index (χ4v) is 3.12. The number of ether oxygens (including phenoxy) is 1. The molecule has 0 atom stereocenters. The Morgan fingerprint density at radius 2 is 1.90 bits per heavy atom. The van der Waals surface area contributed by atoms with E-state index in [9.17, 15) is 4.79 Å². The maximum atomic E-state index is 15.0. The first-order chi connectivity index (χ1) is 14.9. The van der Waals surface area contributed by atoms with Crippen LogP contribution in [0.4, 0.5) is 4.39 Å². The molecule has 3 rings (SSSR count). The molecule has 1 aromatic heterocycles. The van der Waals surface area contributed by atoms with Crippen LogP contribution < -0.4 is 26.8 Å². The number of benzene rings is 2. The lowest BCUT2D eigenvalue weighted by molar-refractivity contribution is -0.136. The second-order valence-corrected chi connectivity index (χ2v) is 6.86. The highest BCUT2D eigenvalue weighted by molar-refractivity contribution is 5.74. The normalized spacial score (nSPS) is 12.5. The van der Waals surface area contributed by atoms with Crippen molar-refractivity contribution < 1.29 is 23.4 Å². The Kier molecular flexibility index (Phi) is 6.89. The van der Waals surface area contributed by atoms with Crippen molar-refractivity contribution in [3.05, 3.63) is 99.7 Å². The minimum atomic E-state index is -0.966. The van der Waals surface area contributed by atoms with Gasteiger partial charge in [-0.15, -0.1) is 0 Å². The number of hydrogen-bond acceptors (Lipinski definition) is 5. The summed E-state index contributed by atoms with van der Waals surface area (Å²) in [4.78, 5) is 11.1. The van der Waals surface area contributed by atoms with Crippen LogP contribution in [0.3, 0.4) is 0 Å². The lowest BCUT2D eigenvalue weighted by atomic mass is 10.0. The number of nitrogens with two attached hydrogens (primary N) is 2. The highest BCUT2D eigenvalue weighted by Crippen LogP contribution is 2.22. The molecular weight excluding hydrogens is 399 g/mol. The monoisotopic (exact) mass is 422 g/mol. The van der Waals surface area contributed by atoms with Crippen molar-refractivity contribution in [3.8, 4) is 5.75 Å². The zero-order chi connectivity index (χ0) is 22.4. The quantitative estimate of drug-likeness (QED) is 0.512. The topological polar surface area (TPSA) is 112 Å². The molecule has 7 heteroatoms. The minimum absolute atomic E-state index is 0.0362. The van der Waals surface area contributed by atoms with Gasteiger partial charge in [-0.1, -0.05) is 43.0 Å². The number of aliphatic carboxylic acids is 1. The number of para-hydroxylation sites is 1. The molecule has 0 bridgehead atoms. The molecule has 3 aromatic rings. The van der Waals surface area contributed by atoms with Crippen molar-refractivity contribution >= 4 is 18.1 Å². The Morgan fingerprint density at radius 3 is 2.58 bits per heavy atom. The number of hydrogen-bond donors (Lipinski definition) is 3. The lowest BCUT2D eigenvalue weighted by Gasteiger charge is -2.12. The molecule has 31 heavy (non-hydrogen) atoms. The van der Waals surface area contributed by atoms with Gasteiger partial charge < -0.3 is 25.7 Å². The third kappa shape index (κ3) is 5.21. The first-order valence-electron chi connectivity index (χ1n) is 9.53. The minimum Gasteiger partial charge on any atom is -0.487 e. The number of allylic oxidation sites excluding steroid dienone is 1. The number of furan rings is 1. The molecule has 0 aliphatic carbocycles. The van der Waals surface area contributed by atoms with Gasteiger partial charge >= 0.3 is 5.97 Å². The summed E-state index contributed by atoms with van der Waals surface area (Å²) in [6.45, 7) is 3.93. The molecule has 2 aromatic carbocycles. The zero-order valence-electron chi connectivity index (χ0n) is 16.8. The van der Waals surface area contributed by atoms with Crippen molar-refractivity contribution in [3.63, 3.8) is 0 Å². The molecule has 0 aliphatic heterocycles. The van der Waals surface area contributed by atoms with Crippen LogP contribution in [0.2, 0.25) is 0 Å². The van der Waals surface area contributed by atoms with Gasteiger partial charge in [0.2, 0.25) is 0 Å². The van der Waals surface area contributed by atoms with Crippen LogP contribution in [-0.2, 0) is 17.8 Å². The third-order valence-electron chi connectivity index (χ3n) is 4.62. The summed E-state index contributed by atoms with van der Waals surface area (Å²) in [6, 6.07) is 13.4. The molecule has 5 N–H and O–H groups in total. The van der Waals surface area contributed by atoms with Crippen LogP contribution in [0, 0.1) is 5.82 Å². The van der Waals surface area contributed by atoms with Gasteiger partial charge in [-0.3, -0.25) is 4.79 Å². The summed E-state index contributed by atoms with van der Waals surface area (Å²) in [5.41, 5.74) is 14.1. The fraction of sp³-hybridized carbons (Fsp3) is 0.125. The van der Waals surface area contributed by atoms with E-state index in [0.29, 0.717) is 33.1 Å². The number of halogens is 1. The first kappa shape index (κ1) is 21.9. The van der Waals surface area contributed by atoms with E-state index >= 15 is 4.39 Å². The number of carbonyl (C=O) groups is 1. The van der Waals surface area contributed by atoms with E-state index in [1.807, 2.05) is 0 Å². The molecule has 0 amide bonds. The molecule has 1 heterocycles. The standard InChI is InChI=1S/C24H23FN2O4/c1-15-9-10-30-24(15)20(19-7-4-6-17(13-26)23(19)25)12-18(27)14-31-21-8-3-2-5-16(21)11-22(28)29/h2-10,12H,1,11,13-14,26-27H2,(H,28,29)/b18-12-,24-20-. The van der Waals surface area contributed by atoms with Crippen molar-refractivity contribution in [2.45, 2.75) is 13.0 Å². The molecule has 0 radical (unpaired) electrons. The van der Waals surface area contributed by atoms with Gasteiger partial charge in [0, 0.05) is 39.7 Å². The van der Waals surface area contributed by atoms with Crippen LogP contribution in [0.1, 0.15) is 16.7 Å². The highest BCUT2D eigenvalue weighted by atomic mass is 19.1. The van der Waals surface area contributed by atoms with Crippen LogP contribution in [-0.4, -0.2) is 17.7 Å². The Hall–Kier alpha value is -3.84. The smallest absolute Gasteiger partial charge is 0.307 e. The van der Waals surface area contributed by atoms with Crippen LogP contribution in [0.25, 0.3) is 12.2 Å². The third-order valence-corrected chi connectivity index (χ3v) is 4.62. The van der Waals surface area contributed by atoms with Gasteiger partial charge in [0.1, 0.15) is 23.6 Å². The van der Waals surface area contributed by atoms with E-state index < -0.39 is 11.8 Å².